The molecule has 7 heteroatoms. The summed E-state index contributed by atoms with van der Waals surface area (Å²) in [4.78, 5) is 34.4. The zero-order valence-corrected chi connectivity index (χ0v) is 14.8. The predicted molar refractivity (Wildman–Crippen MR) is 95.7 cm³/mol. The number of carbonyl (C=O) groups excluding carboxylic acids is 2. The van der Waals surface area contributed by atoms with E-state index in [1.54, 1.807) is 0 Å². The lowest BCUT2D eigenvalue weighted by atomic mass is 10.1. The van der Waals surface area contributed by atoms with Gasteiger partial charge in [0.05, 0.1) is 4.92 Å². The Morgan fingerprint density at radius 3 is 2.42 bits per heavy atom. The van der Waals surface area contributed by atoms with Crippen molar-refractivity contribution in [2.75, 3.05) is 0 Å². The number of ether oxygens (including phenoxy) is 1. The van der Waals surface area contributed by atoms with Crippen LogP contribution in [-0.4, -0.2) is 22.8 Å². The number of nitro groups is 1. The van der Waals surface area contributed by atoms with Crippen molar-refractivity contribution in [2.24, 2.45) is 0 Å². The van der Waals surface area contributed by atoms with E-state index in [-0.39, 0.29) is 17.9 Å². The zero-order chi connectivity index (χ0) is 19.3. The van der Waals surface area contributed by atoms with Crippen LogP contribution in [0.25, 0.3) is 0 Å². The van der Waals surface area contributed by atoms with Crippen LogP contribution in [-0.2, 0) is 16.1 Å². The molecule has 7 nitrogen and oxygen atoms in total. The second-order valence-electron chi connectivity index (χ2n) is 6.11. The summed E-state index contributed by atoms with van der Waals surface area (Å²) in [5.41, 5.74) is 2.93. The maximum atomic E-state index is 12.2. The number of rotatable bonds is 6. The van der Waals surface area contributed by atoms with Crippen molar-refractivity contribution in [3.8, 4) is 0 Å². The van der Waals surface area contributed by atoms with E-state index >= 15 is 0 Å². The molecule has 0 bridgehead atoms. The van der Waals surface area contributed by atoms with E-state index in [2.05, 4.69) is 5.32 Å². The summed E-state index contributed by atoms with van der Waals surface area (Å²) >= 11 is 0. The lowest BCUT2D eigenvalue weighted by Crippen LogP contribution is -2.39. The topological polar surface area (TPSA) is 98.5 Å². The van der Waals surface area contributed by atoms with Gasteiger partial charge in [-0.1, -0.05) is 35.4 Å². The van der Waals surface area contributed by atoms with Crippen LogP contribution in [0.15, 0.2) is 42.5 Å². The summed E-state index contributed by atoms with van der Waals surface area (Å²) in [6.07, 6.45) is 0. The van der Waals surface area contributed by atoms with Crippen molar-refractivity contribution in [3.05, 3.63) is 74.8 Å². The number of aryl methyl sites for hydroxylation is 2. The Hall–Kier alpha value is -3.22. The van der Waals surface area contributed by atoms with Crippen LogP contribution in [0.4, 0.5) is 5.69 Å². The van der Waals surface area contributed by atoms with Gasteiger partial charge >= 0.3 is 5.97 Å². The summed E-state index contributed by atoms with van der Waals surface area (Å²) in [5, 5.41) is 13.3. The summed E-state index contributed by atoms with van der Waals surface area (Å²) in [6, 6.07) is 10.3. The first-order valence-corrected chi connectivity index (χ1v) is 8.05. The molecule has 0 aliphatic heterocycles. The minimum Gasteiger partial charge on any atom is -0.459 e. The molecule has 1 N–H and O–H groups in total. The van der Waals surface area contributed by atoms with E-state index < -0.39 is 22.8 Å². The van der Waals surface area contributed by atoms with Gasteiger partial charge in [0.1, 0.15) is 12.6 Å². The average molecular weight is 356 g/mol. The summed E-state index contributed by atoms with van der Waals surface area (Å²) < 4.78 is 5.24. The van der Waals surface area contributed by atoms with Crippen molar-refractivity contribution in [3.63, 3.8) is 0 Å². The number of nitro benzene ring substituents is 1. The minimum absolute atomic E-state index is 0.105. The first kappa shape index (κ1) is 19.1. The number of nitrogens with zero attached hydrogens (tertiary/aromatic N) is 1. The summed E-state index contributed by atoms with van der Waals surface area (Å²) in [5.74, 6) is -1.16. The monoisotopic (exact) mass is 356 g/mol. The summed E-state index contributed by atoms with van der Waals surface area (Å²) in [6.45, 7) is 5.53. The average Bonchev–Trinajstić information content (AvgIpc) is 2.58. The van der Waals surface area contributed by atoms with Crippen LogP contribution in [0.1, 0.15) is 34.0 Å². The third-order valence-electron chi connectivity index (χ3n) is 3.68. The molecule has 0 aliphatic rings. The molecule has 2 rings (SSSR count). The van der Waals surface area contributed by atoms with E-state index in [9.17, 15) is 19.7 Å². The van der Waals surface area contributed by atoms with Gasteiger partial charge in [0.25, 0.3) is 11.6 Å². The molecule has 0 heterocycles. The Morgan fingerprint density at radius 1 is 1.15 bits per heavy atom. The number of esters is 1. The van der Waals surface area contributed by atoms with Crippen LogP contribution in [0.2, 0.25) is 0 Å². The largest absolute Gasteiger partial charge is 0.459 e. The Bertz CT molecular complexity index is 827. The molecule has 2 aromatic carbocycles. The molecule has 1 amide bonds. The van der Waals surface area contributed by atoms with Crippen molar-refractivity contribution in [2.45, 2.75) is 33.4 Å². The van der Waals surface area contributed by atoms with Gasteiger partial charge in [0.2, 0.25) is 0 Å². The van der Waals surface area contributed by atoms with E-state index in [1.807, 2.05) is 32.0 Å². The number of nitrogens with one attached hydrogen (secondary N) is 1. The number of carbonyl (C=O) groups is 2. The molecular weight excluding hydrogens is 336 g/mol. The molecule has 1 atom stereocenters. The molecular formula is C19H20N2O5. The van der Waals surface area contributed by atoms with E-state index in [4.69, 9.17) is 4.74 Å². The molecule has 2 aromatic rings. The molecule has 26 heavy (non-hydrogen) atoms. The van der Waals surface area contributed by atoms with Crippen molar-refractivity contribution < 1.29 is 19.2 Å². The second-order valence-corrected chi connectivity index (χ2v) is 6.11. The number of hydrogen-bond donors (Lipinski definition) is 1. The fourth-order valence-corrected chi connectivity index (χ4v) is 2.53. The van der Waals surface area contributed by atoms with E-state index in [0.29, 0.717) is 0 Å². The van der Waals surface area contributed by atoms with Crippen molar-refractivity contribution in [1.29, 1.82) is 0 Å². The van der Waals surface area contributed by atoms with Gasteiger partial charge in [0, 0.05) is 17.7 Å². The number of amides is 1. The van der Waals surface area contributed by atoms with Crippen molar-refractivity contribution in [1.82, 2.24) is 5.32 Å². The smallest absolute Gasteiger partial charge is 0.328 e. The highest BCUT2D eigenvalue weighted by molar-refractivity contribution is 5.97. The number of benzene rings is 2. The highest BCUT2D eigenvalue weighted by atomic mass is 16.6. The number of non-ortho nitro benzene ring substituents is 1. The number of hydrogen-bond acceptors (Lipinski definition) is 5. The zero-order valence-electron chi connectivity index (χ0n) is 14.8. The molecule has 0 aromatic heterocycles. The van der Waals surface area contributed by atoms with Crippen LogP contribution in [0.3, 0.4) is 0 Å². The highest BCUT2D eigenvalue weighted by Gasteiger charge is 2.19. The van der Waals surface area contributed by atoms with Gasteiger partial charge in [-0.2, -0.15) is 0 Å². The molecule has 0 saturated heterocycles. The second kappa shape index (κ2) is 8.24. The fraction of sp³-hybridized carbons (Fsp3) is 0.263. The third kappa shape index (κ3) is 5.14. The molecule has 0 saturated carbocycles. The van der Waals surface area contributed by atoms with Gasteiger partial charge in [0.15, 0.2) is 0 Å². The molecule has 0 radical (unpaired) electrons. The Balaban J connectivity index is 1.94. The molecule has 136 valence electrons. The highest BCUT2D eigenvalue weighted by Crippen LogP contribution is 2.13. The normalized spacial score (nSPS) is 11.5. The predicted octanol–water partition coefficient (Wildman–Crippen LogP) is 3.07. The molecule has 0 aliphatic carbocycles. The fourth-order valence-electron chi connectivity index (χ4n) is 2.53. The van der Waals surface area contributed by atoms with Crippen LogP contribution < -0.4 is 5.32 Å². The molecule has 0 spiro atoms. The van der Waals surface area contributed by atoms with Crippen LogP contribution >= 0.6 is 0 Å². The lowest BCUT2D eigenvalue weighted by molar-refractivity contribution is -0.384. The molecule has 1 unspecified atom stereocenters. The quantitative estimate of drug-likeness (QED) is 0.487. The van der Waals surface area contributed by atoms with Crippen molar-refractivity contribution >= 4 is 17.6 Å². The van der Waals surface area contributed by atoms with Crippen LogP contribution in [0.5, 0.6) is 0 Å². The standard InChI is InChI=1S/C19H20N2O5/c1-12-7-13(2)9-15(8-12)11-26-19(23)14(3)20-18(22)16-5-4-6-17(10-16)21(24)25/h4-10,14H,11H2,1-3H3,(H,20,22). The van der Waals surface area contributed by atoms with Gasteiger partial charge in [-0.25, -0.2) is 4.79 Å². The van der Waals surface area contributed by atoms with Gasteiger partial charge in [-0.05, 0) is 32.4 Å². The van der Waals surface area contributed by atoms with E-state index in [1.165, 1.54) is 25.1 Å². The third-order valence-corrected chi connectivity index (χ3v) is 3.68. The summed E-state index contributed by atoms with van der Waals surface area (Å²) in [7, 11) is 0. The van der Waals surface area contributed by atoms with Gasteiger partial charge < -0.3 is 10.1 Å². The van der Waals surface area contributed by atoms with Crippen LogP contribution in [0, 0.1) is 24.0 Å². The Morgan fingerprint density at radius 2 is 1.81 bits per heavy atom. The van der Waals surface area contributed by atoms with Gasteiger partial charge in [-0.15, -0.1) is 0 Å². The SMILES string of the molecule is Cc1cc(C)cc(COC(=O)C(C)NC(=O)c2cccc([N+](=O)[O-])c2)c1. The first-order valence-electron chi connectivity index (χ1n) is 8.05. The van der Waals surface area contributed by atoms with Gasteiger partial charge in [-0.3, -0.25) is 14.9 Å². The maximum absolute atomic E-state index is 12.2. The first-order chi connectivity index (χ1) is 12.3. The lowest BCUT2D eigenvalue weighted by Gasteiger charge is -2.14. The minimum atomic E-state index is -0.882. The Kier molecular flexibility index (Phi) is 6.06. The molecule has 0 fully saturated rings. The maximum Gasteiger partial charge on any atom is 0.328 e. The Labute approximate surface area is 151 Å². The van der Waals surface area contributed by atoms with E-state index in [0.717, 1.165) is 22.8 Å².